The Labute approximate surface area is 224 Å². The molecule has 1 amide bonds. The number of alkyl halides is 6. The fourth-order valence-corrected chi connectivity index (χ4v) is 2.86. The van der Waals surface area contributed by atoms with Crippen LogP contribution in [-0.2, 0) is 20.8 Å². The number of aliphatic carboxylic acids is 2. The molecule has 0 aromatic heterocycles. The highest BCUT2D eigenvalue weighted by Crippen LogP contribution is 2.26. The van der Waals surface area contributed by atoms with Crippen LogP contribution in [0.2, 0.25) is 0 Å². The van der Waals surface area contributed by atoms with Gasteiger partial charge >= 0.3 is 24.3 Å². The van der Waals surface area contributed by atoms with Crippen LogP contribution in [0.5, 0.6) is 0 Å². The lowest BCUT2D eigenvalue weighted by Gasteiger charge is -2.18. The molecule has 2 rings (SSSR count). The summed E-state index contributed by atoms with van der Waals surface area (Å²) in [4.78, 5) is 29.7. The summed E-state index contributed by atoms with van der Waals surface area (Å²) in [7, 11) is 1.63. The number of nitrogens with one attached hydrogen (secondary N) is 3. The zero-order valence-corrected chi connectivity index (χ0v) is 20.9. The standard InChI is InChI=1S/C20H25N5O.2C2HF3O2/c1-25-18(26)12-16(15-3-2-4-17(11-15)20(23)24)10-7-13-5-8-14(9-6-13)19(21)22;2*3-2(4,5)1(6)7/h2-6,8-9,11,16H,7,10,12H2,1H3,(H3,21,22)(H3,23,24)(H,25,26);2*(H,6,7). The summed E-state index contributed by atoms with van der Waals surface area (Å²) in [6.07, 6.45) is -8.21. The molecule has 0 fully saturated rings. The Morgan fingerprint density at radius 2 is 1.30 bits per heavy atom. The van der Waals surface area contributed by atoms with E-state index in [0.717, 1.165) is 24.0 Å². The van der Waals surface area contributed by atoms with E-state index in [-0.39, 0.29) is 23.5 Å². The fourth-order valence-electron chi connectivity index (χ4n) is 2.86. The van der Waals surface area contributed by atoms with E-state index < -0.39 is 24.3 Å². The highest BCUT2D eigenvalue weighted by molar-refractivity contribution is 5.95. The minimum absolute atomic E-state index is 0.0184. The molecular formula is C24H27F6N5O5. The van der Waals surface area contributed by atoms with Crippen LogP contribution in [0, 0.1) is 10.8 Å². The Bertz CT molecular complexity index is 1160. The second kappa shape index (κ2) is 15.7. The van der Waals surface area contributed by atoms with E-state index >= 15 is 0 Å². The van der Waals surface area contributed by atoms with Crippen molar-refractivity contribution >= 4 is 29.5 Å². The topological polar surface area (TPSA) is 203 Å². The third-order valence-corrected chi connectivity index (χ3v) is 4.91. The van der Waals surface area contributed by atoms with E-state index in [0.29, 0.717) is 17.5 Å². The Kier molecular flexibility index (Phi) is 13.9. The van der Waals surface area contributed by atoms with Gasteiger partial charge in [0.1, 0.15) is 11.7 Å². The van der Waals surface area contributed by atoms with Crippen molar-refractivity contribution in [2.75, 3.05) is 7.05 Å². The highest BCUT2D eigenvalue weighted by atomic mass is 19.4. The van der Waals surface area contributed by atoms with Crippen LogP contribution in [-0.4, -0.2) is 59.1 Å². The summed E-state index contributed by atoms with van der Waals surface area (Å²) >= 11 is 0. The predicted octanol–water partition coefficient (Wildman–Crippen LogP) is 3.37. The van der Waals surface area contributed by atoms with Crippen molar-refractivity contribution in [1.29, 1.82) is 10.8 Å². The predicted molar refractivity (Wildman–Crippen MR) is 132 cm³/mol. The van der Waals surface area contributed by atoms with Crippen LogP contribution in [0.3, 0.4) is 0 Å². The second-order valence-electron chi connectivity index (χ2n) is 7.87. The van der Waals surface area contributed by atoms with Gasteiger partial charge in [0.2, 0.25) is 5.91 Å². The van der Waals surface area contributed by atoms with E-state index in [2.05, 4.69) is 5.32 Å². The summed E-state index contributed by atoms with van der Waals surface area (Å²) in [5.41, 5.74) is 14.6. The number of carboxylic acid groups (broad SMARTS) is 2. The van der Waals surface area contributed by atoms with Gasteiger partial charge in [0.25, 0.3) is 0 Å². The van der Waals surface area contributed by atoms with E-state index in [1.165, 1.54) is 0 Å². The van der Waals surface area contributed by atoms with Crippen LogP contribution in [0.1, 0.15) is 41.0 Å². The zero-order valence-electron chi connectivity index (χ0n) is 20.9. The highest BCUT2D eigenvalue weighted by Gasteiger charge is 2.38. The number of hydrogen-bond acceptors (Lipinski definition) is 5. The molecule has 0 saturated heterocycles. The van der Waals surface area contributed by atoms with Gasteiger partial charge in [-0.3, -0.25) is 15.6 Å². The smallest absolute Gasteiger partial charge is 0.475 e. The van der Waals surface area contributed by atoms with Crippen LogP contribution in [0.15, 0.2) is 48.5 Å². The van der Waals surface area contributed by atoms with Crippen LogP contribution in [0.4, 0.5) is 26.3 Å². The fraction of sp³-hybridized carbons (Fsp3) is 0.292. The van der Waals surface area contributed by atoms with Crippen molar-refractivity contribution in [3.63, 3.8) is 0 Å². The minimum Gasteiger partial charge on any atom is -0.475 e. The number of aryl methyl sites for hydroxylation is 1. The van der Waals surface area contributed by atoms with Gasteiger partial charge in [-0.25, -0.2) is 9.59 Å². The average Bonchev–Trinajstić information content (AvgIpc) is 2.86. The molecule has 2 aromatic rings. The van der Waals surface area contributed by atoms with Crippen molar-refractivity contribution in [3.8, 4) is 0 Å². The second-order valence-corrected chi connectivity index (χ2v) is 7.87. The number of rotatable bonds is 8. The SMILES string of the molecule is CNC(=O)CC(CCc1ccc(C(=N)N)cc1)c1cccc(C(=N)N)c1.O=C(O)C(F)(F)F.O=C(O)C(F)(F)F. The number of amidine groups is 2. The third kappa shape index (κ3) is 13.8. The molecule has 10 nitrogen and oxygen atoms in total. The lowest BCUT2D eigenvalue weighted by molar-refractivity contribution is -0.193. The van der Waals surface area contributed by atoms with Gasteiger partial charge in [-0.1, -0.05) is 42.5 Å². The van der Waals surface area contributed by atoms with Crippen molar-refractivity contribution in [1.82, 2.24) is 5.32 Å². The maximum absolute atomic E-state index is 11.9. The monoisotopic (exact) mass is 579 g/mol. The van der Waals surface area contributed by atoms with Crippen molar-refractivity contribution < 1.29 is 50.9 Å². The Morgan fingerprint density at radius 1 is 0.850 bits per heavy atom. The van der Waals surface area contributed by atoms with Gasteiger partial charge in [0.05, 0.1) is 0 Å². The number of amides is 1. The number of carboxylic acids is 2. The van der Waals surface area contributed by atoms with Gasteiger partial charge < -0.3 is 27.0 Å². The maximum atomic E-state index is 11.9. The van der Waals surface area contributed by atoms with Crippen LogP contribution in [0.25, 0.3) is 0 Å². The van der Waals surface area contributed by atoms with Crippen molar-refractivity contribution in [2.45, 2.75) is 37.5 Å². The maximum Gasteiger partial charge on any atom is 0.490 e. The Hall–Kier alpha value is -4.63. The third-order valence-electron chi connectivity index (χ3n) is 4.91. The van der Waals surface area contributed by atoms with Gasteiger partial charge in [0, 0.05) is 24.6 Å². The lowest BCUT2D eigenvalue weighted by Crippen LogP contribution is -2.21. The van der Waals surface area contributed by atoms with Gasteiger partial charge in [0.15, 0.2) is 0 Å². The first-order chi connectivity index (χ1) is 18.3. The van der Waals surface area contributed by atoms with Crippen LogP contribution >= 0.6 is 0 Å². The first-order valence-corrected chi connectivity index (χ1v) is 11.0. The van der Waals surface area contributed by atoms with Gasteiger partial charge in [-0.2, -0.15) is 26.3 Å². The van der Waals surface area contributed by atoms with E-state index in [9.17, 15) is 31.1 Å². The molecule has 220 valence electrons. The first-order valence-electron chi connectivity index (χ1n) is 11.0. The van der Waals surface area contributed by atoms with Crippen molar-refractivity contribution in [3.05, 3.63) is 70.8 Å². The largest absolute Gasteiger partial charge is 0.490 e. The normalized spacial score (nSPS) is 11.5. The molecule has 40 heavy (non-hydrogen) atoms. The summed E-state index contributed by atoms with van der Waals surface area (Å²) < 4.78 is 63.5. The number of carbonyl (C=O) groups excluding carboxylic acids is 1. The average molecular weight is 579 g/mol. The number of benzene rings is 2. The van der Waals surface area contributed by atoms with Crippen molar-refractivity contribution in [2.24, 2.45) is 11.5 Å². The van der Waals surface area contributed by atoms with Gasteiger partial charge in [-0.05, 0) is 36.0 Å². The number of halogens is 6. The quantitative estimate of drug-likeness (QED) is 0.141. The summed E-state index contributed by atoms with van der Waals surface area (Å²) in [5, 5.41) is 32.0. The molecule has 9 N–H and O–H groups in total. The van der Waals surface area contributed by atoms with Gasteiger partial charge in [-0.15, -0.1) is 0 Å². The molecule has 2 aromatic carbocycles. The molecule has 0 aliphatic carbocycles. The number of nitrogen functional groups attached to an aromatic ring is 2. The van der Waals surface area contributed by atoms with E-state index in [1.807, 2.05) is 42.5 Å². The molecule has 0 spiro atoms. The first kappa shape index (κ1) is 35.4. The molecule has 0 bridgehead atoms. The molecule has 0 saturated carbocycles. The van der Waals surface area contributed by atoms with E-state index in [1.54, 1.807) is 13.1 Å². The molecule has 16 heteroatoms. The molecule has 0 radical (unpaired) electrons. The zero-order chi connectivity index (χ0) is 31.3. The summed E-state index contributed by atoms with van der Waals surface area (Å²) in [5.74, 6) is -5.43. The molecule has 0 aliphatic heterocycles. The minimum atomic E-state index is -5.08. The molecule has 0 aliphatic rings. The van der Waals surface area contributed by atoms with E-state index in [4.69, 9.17) is 42.1 Å². The van der Waals surface area contributed by atoms with Crippen LogP contribution < -0.4 is 16.8 Å². The number of hydrogen-bond donors (Lipinski definition) is 7. The molecular weight excluding hydrogens is 552 g/mol. The summed E-state index contributed by atoms with van der Waals surface area (Å²) in [6.45, 7) is 0. The molecule has 1 unspecified atom stereocenters. The summed E-state index contributed by atoms with van der Waals surface area (Å²) in [6, 6.07) is 15.1. The lowest BCUT2D eigenvalue weighted by atomic mass is 9.88. The number of nitrogens with two attached hydrogens (primary N) is 2. The number of carbonyl (C=O) groups is 3. The Balaban J connectivity index is 0.000000894. The Morgan fingerprint density at radius 3 is 1.68 bits per heavy atom. The molecule has 0 heterocycles. The molecule has 1 atom stereocenters.